The zero-order valence-electron chi connectivity index (χ0n) is 14.8. The second-order valence-electron chi connectivity index (χ2n) is 6.35. The molecule has 1 aliphatic rings. The average molecular weight is 361 g/mol. The molecule has 0 fully saturated rings. The molecule has 1 aliphatic heterocycles. The van der Waals surface area contributed by atoms with E-state index in [9.17, 15) is 9.90 Å². The van der Waals surface area contributed by atoms with E-state index in [4.69, 9.17) is 0 Å². The minimum Gasteiger partial charge on any atom is -0.387 e. The van der Waals surface area contributed by atoms with Gasteiger partial charge >= 0.3 is 0 Å². The summed E-state index contributed by atoms with van der Waals surface area (Å²) < 4.78 is 0. The molecule has 1 aromatic heterocycles. The van der Waals surface area contributed by atoms with Crippen molar-refractivity contribution in [3.05, 3.63) is 71.6 Å². The van der Waals surface area contributed by atoms with Gasteiger partial charge in [0, 0.05) is 19.0 Å². The van der Waals surface area contributed by atoms with Crippen LogP contribution in [0.1, 0.15) is 17.2 Å². The first-order valence-corrected chi connectivity index (χ1v) is 8.60. The van der Waals surface area contributed by atoms with Crippen molar-refractivity contribution in [2.24, 2.45) is 4.99 Å². The van der Waals surface area contributed by atoms with Crippen LogP contribution in [-0.4, -0.2) is 45.7 Å². The SMILES string of the molecule is CN1C(=O)/C(=C/c2ccc3[nH]ncc3c2)N=C1NCC(O)c1ccccc1. The highest BCUT2D eigenvalue weighted by molar-refractivity contribution is 6.13. The Morgan fingerprint density at radius 2 is 2.07 bits per heavy atom. The van der Waals surface area contributed by atoms with E-state index in [1.807, 2.05) is 48.5 Å². The number of guanidine groups is 1. The molecule has 0 radical (unpaired) electrons. The molecule has 7 heteroatoms. The Labute approximate surface area is 156 Å². The molecule has 3 aromatic rings. The van der Waals surface area contributed by atoms with Gasteiger partial charge in [-0.25, -0.2) is 4.99 Å². The predicted molar refractivity (Wildman–Crippen MR) is 104 cm³/mol. The quantitative estimate of drug-likeness (QED) is 0.620. The largest absolute Gasteiger partial charge is 0.387 e. The second kappa shape index (κ2) is 7.05. The average Bonchev–Trinajstić information content (AvgIpc) is 3.26. The van der Waals surface area contributed by atoms with Crippen LogP contribution in [0.15, 0.2) is 65.4 Å². The fraction of sp³-hybridized carbons (Fsp3) is 0.150. The van der Waals surface area contributed by atoms with E-state index in [1.54, 1.807) is 19.3 Å². The molecule has 2 aromatic carbocycles. The van der Waals surface area contributed by atoms with Crippen molar-refractivity contribution in [2.75, 3.05) is 13.6 Å². The van der Waals surface area contributed by atoms with E-state index in [-0.39, 0.29) is 12.5 Å². The lowest BCUT2D eigenvalue weighted by atomic mass is 10.1. The fourth-order valence-electron chi connectivity index (χ4n) is 2.95. The Kier molecular flexibility index (Phi) is 4.43. The molecule has 1 atom stereocenters. The van der Waals surface area contributed by atoms with Crippen molar-refractivity contribution in [3.8, 4) is 0 Å². The molecule has 7 nitrogen and oxygen atoms in total. The maximum Gasteiger partial charge on any atom is 0.279 e. The summed E-state index contributed by atoms with van der Waals surface area (Å²) in [6.07, 6.45) is 2.79. The van der Waals surface area contributed by atoms with Gasteiger partial charge in [-0.1, -0.05) is 36.4 Å². The number of hydrogen-bond donors (Lipinski definition) is 3. The number of hydrogen-bond acceptors (Lipinski definition) is 5. The zero-order valence-corrected chi connectivity index (χ0v) is 14.8. The fourth-order valence-corrected chi connectivity index (χ4v) is 2.95. The number of aromatic nitrogens is 2. The van der Waals surface area contributed by atoms with Gasteiger partial charge in [0.1, 0.15) is 5.70 Å². The highest BCUT2D eigenvalue weighted by Crippen LogP contribution is 2.20. The molecule has 0 aliphatic carbocycles. The van der Waals surface area contributed by atoms with Crippen LogP contribution in [0.4, 0.5) is 0 Å². The van der Waals surface area contributed by atoms with Gasteiger partial charge in [0.25, 0.3) is 5.91 Å². The summed E-state index contributed by atoms with van der Waals surface area (Å²) in [6, 6.07) is 15.1. The third-order valence-corrected chi connectivity index (χ3v) is 4.47. The molecule has 0 spiro atoms. The summed E-state index contributed by atoms with van der Waals surface area (Å²) >= 11 is 0. The lowest BCUT2D eigenvalue weighted by molar-refractivity contribution is -0.121. The molecular formula is C20H19N5O2. The van der Waals surface area contributed by atoms with E-state index >= 15 is 0 Å². The highest BCUT2D eigenvalue weighted by atomic mass is 16.3. The number of aliphatic hydroxyl groups is 1. The molecule has 136 valence electrons. The van der Waals surface area contributed by atoms with Crippen molar-refractivity contribution in [2.45, 2.75) is 6.10 Å². The van der Waals surface area contributed by atoms with Gasteiger partial charge in [0.15, 0.2) is 0 Å². The summed E-state index contributed by atoms with van der Waals surface area (Å²) in [6.45, 7) is 0.259. The lowest BCUT2D eigenvalue weighted by Crippen LogP contribution is -2.39. The van der Waals surface area contributed by atoms with Crippen LogP contribution in [0.25, 0.3) is 17.0 Å². The highest BCUT2D eigenvalue weighted by Gasteiger charge is 2.27. The van der Waals surface area contributed by atoms with E-state index in [0.717, 1.165) is 22.0 Å². The Morgan fingerprint density at radius 3 is 2.89 bits per heavy atom. The molecule has 3 N–H and O–H groups in total. The molecule has 27 heavy (non-hydrogen) atoms. The maximum absolute atomic E-state index is 12.5. The van der Waals surface area contributed by atoms with Crippen LogP contribution < -0.4 is 5.32 Å². The number of carbonyl (C=O) groups is 1. The number of nitrogens with one attached hydrogen (secondary N) is 2. The number of H-pyrrole nitrogens is 1. The molecule has 2 heterocycles. The van der Waals surface area contributed by atoms with Crippen molar-refractivity contribution in [1.82, 2.24) is 20.4 Å². The number of aliphatic imine (C=N–C) groups is 1. The molecular weight excluding hydrogens is 342 g/mol. The number of fused-ring (bicyclic) bond motifs is 1. The number of amides is 1. The smallest absolute Gasteiger partial charge is 0.279 e. The number of likely N-dealkylation sites (N-methyl/N-ethyl adjacent to an activating group) is 1. The van der Waals surface area contributed by atoms with Gasteiger partial charge in [0.2, 0.25) is 5.96 Å². The van der Waals surface area contributed by atoms with Gasteiger partial charge in [-0.05, 0) is 29.3 Å². The topological polar surface area (TPSA) is 93.6 Å². The van der Waals surface area contributed by atoms with Gasteiger partial charge in [-0.3, -0.25) is 14.8 Å². The van der Waals surface area contributed by atoms with Gasteiger partial charge in [-0.15, -0.1) is 0 Å². The first-order valence-electron chi connectivity index (χ1n) is 8.60. The van der Waals surface area contributed by atoms with Crippen LogP contribution in [0.3, 0.4) is 0 Å². The van der Waals surface area contributed by atoms with Crippen LogP contribution >= 0.6 is 0 Å². The second-order valence-corrected chi connectivity index (χ2v) is 6.35. The molecule has 0 bridgehead atoms. The van der Waals surface area contributed by atoms with Gasteiger partial charge < -0.3 is 10.4 Å². The van der Waals surface area contributed by atoms with Crippen molar-refractivity contribution >= 4 is 28.8 Å². The first kappa shape index (κ1) is 17.0. The van der Waals surface area contributed by atoms with E-state index < -0.39 is 6.10 Å². The van der Waals surface area contributed by atoms with Gasteiger partial charge in [0.05, 0.1) is 17.8 Å². The molecule has 0 saturated heterocycles. The maximum atomic E-state index is 12.5. The molecule has 1 amide bonds. The van der Waals surface area contributed by atoms with Crippen molar-refractivity contribution < 1.29 is 9.90 Å². The predicted octanol–water partition coefficient (Wildman–Crippen LogP) is 2.05. The number of carbonyl (C=O) groups excluding carboxylic acids is 1. The third-order valence-electron chi connectivity index (χ3n) is 4.47. The van der Waals surface area contributed by atoms with Crippen molar-refractivity contribution in [3.63, 3.8) is 0 Å². The Hall–Kier alpha value is -3.45. The van der Waals surface area contributed by atoms with Crippen LogP contribution in [0.5, 0.6) is 0 Å². The Balaban J connectivity index is 1.51. The first-order chi connectivity index (χ1) is 13.1. The monoisotopic (exact) mass is 361 g/mol. The van der Waals surface area contributed by atoms with Crippen LogP contribution in [0, 0.1) is 0 Å². The lowest BCUT2D eigenvalue weighted by Gasteiger charge is -2.16. The zero-order chi connectivity index (χ0) is 18.8. The van der Waals surface area contributed by atoms with E-state index in [2.05, 4.69) is 20.5 Å². The molecule has 1 unspecified atom stereocenters. The number of benzene rings is 2. The normalized spacial score (nSPS) is 16.8. The van der Waals surface area contributed by atoms with E-state index in [0.29, 0.717) is 11.7 Å². The number of nitrogens with zero attached hydrogens (tertiary/aromatic N) is 3. The van der Waals surface area contributed by atoms with Crippen molar-refractivity contribution in [1.29, 1.82) is 0 Å². The summed E-state index contributed by atoms with van der Waals surface area (Å²) in [5.74, 6) is 0.226. The molecule has 0 saturated carbocycles. The minimum absolute atomic E-state index is 0.195. The van der Waals surface area contributed by atoms with E-state index in [1.165, 1.54) is 4.90 Å². The third kappa shape index (κ3) is 3.45. The summed E-state index contributed by atoms with van der Waals surface area (Å²) in [4.78, 5) is 18.3. The standard InChI is InChI=1S/C20H19N5O2/c1-25-19(27)17(10-13-7-8-16-15(9-13)11-22-24-16)23-20(25)21-12-18(26)14-5-3-2-4-6-14/h2-11,18,26H,12H2,1H3,(H,21,23)(H,22,24)/b17-10-. The van der Waals surface area contributed by atoms with Crippen LogP contribution in [0.2, 0.25) is 0 Å². The number of rotatable bonds is 4. The summed E-state index contributed by atoms with van der Waals surface area (Å²) in [7, 11) is 1.66. The Bertz CT molecular complexity index is 1040. The Morgan fingerprint density at radius 1 is 1.26 bits per heavy atom. The molecule has 4 rings (SSSR count). The van der Waals surface area contributed by atoms with Gasteiger partial charge in [-0.2, -0.15) is 5.10 Å². The number of aromatic amines is 1. The minimum atomic E-state index is -0.686. The van der Waals surface area contributed by atoms with Crippen LogP contribution in [-0.2, 0) is 4.79 Å². The summed E-state index contributed by atoms with van der Waals surface area (Å²) in [5.41, 5.74) is 2.96. The summed E-state index contributed by atoms with van der Waals surface area (Å²) in [5, 5.41) is 21.2. The number of aliphatic hydroxyl groups excluding tert-OH is 1.